The number of aromatic nitrogens is 1. The van der Waals surface area contributed by atoms with Crippen LogP contribution in [0.5, 0.6) is 11.5 Å². The lowest BCUT2D eigenvalue weighted by atomic mass is 9.95. The number of aliphatic hydroxyl groups excluding tert-OH is 1. The van der Waals surface area contributed by atoms with Gasteiger partial charge in [-0.3, -0.25) is 14.5 Å². The van der Waals surface area contributed by atoms with E-state index in [1.54, 1.807) is 37.3 Å². The van der Waals surface area contributed by atoms with Crippen LogP contribution in [0, 0.1) is 13.8 Å². The number of anilines is 1. The number of hydrogen-bond acceptors (Lipinski definition) is 9. The van der Waals surface area contributed by atoms with Crippen LogP contribution >= 0.6 is 11.3 Å². The minimum absolute atomic E-state index is 0.0941. The second kappa shape index (κ2) is 12.3. The molecule has 0 bridgehead atoms. The first kappa shape index (κ1) is 28.8. The number of nitrogens with zero attached hydrogens (tertiary/aromatic N) is 2. The Kier molecular flexibility index (Phi) is 8.89. The summed E-state index contributed by atoms with van der Waals surface area (Å²) in [5.74, 6) is -1.66. The monoisotopic (exact) mass is 564 g/mol. The van der Waals surface area contributed by atoms with Crippen molar-refractivity contribution >= 4 is 39.9 Å². The van der Waals surface area contributed by atoms with Crippen LogP contribution in [0.1, 0.15) is 64.8 Å². The third-order valence-corrected chi connectivity index (χ3v) is 7.61. The number of benzene rings is 2. The van der Waals surface area contributed by atoms with Crippen molar-refractivity contribution in [1.82, 2.24) is 4.98 Å². The number of amides is 1. The van der Waals surface area contributed by atoms with E-state index in [0.29, 0.717) is 41.5 Å². The molecule has 1 aliphatic heterocycles. The summed E-state index contributed by atoms with van der Waals surface area (Å²) in [6.07, 6.45) is 1.84. The van der Waals surface area contributed by atoms with Gasteiger partial charge in [0.1, 0.15) is 10.6 Å². The molecule has 0 radical (unpaired) electrons. The molecule has 1 unspecified atom stereocenters. The van der Waals surface area contributed by atoms with Gasteiger partial charge in [0, 0.05) is 5.56 Å². The predicted molar refractivity (Wildman–Crippen MR) is 152 cm³/mol. The first-order valence-electron chi connectivity index (χ1n) is 13.0. The van der Waals surface area contributed by atoms with Crippen LogP contribution in [0.2, 0.25) is 0 Å². The molecule has 1 saturated heterocycles. The number of Topliss-reactive ketones (excluding diaryl/α,β-unsaturated/α-hetero) is 1. The molecule has 1 atom stereocenters. The molecule has 2 aromatic carbocycles. The smallest absolute Gasteiger partial charge is 0.350 e. The number of carbonyl (C=O) groups excluding carboxylic acids is 3. The highest BCUT2D eigenvalue weighted by molar-refractivity contribution is 7.17. The van der Waals surface area contributed by atoms with E-state index in [-0.39, 0.29) is 21.3 Å². The lowest BCUT2D eigenvalue weighted by molar-refractivity contribution is -0.132. The third-order valence-electron chi connectivity index (χ3n) is 6.47. The van der Waals surface area contributed by atoms with Gasteiger partial charge >= 0.3 is 11.9 Å². The number of unbranched alkanes of at least 4 members (excludes halogenated alkanes) is 1. The number of ether oxygens (including phenoxy) is 3. The molecular weight excluding hydrogens is 532 g/mol. The molecule has 1 fully saturated rings. The molecule has 10 heteroatoms. The van der Waals surface area contributed by atoms with Crippen LogP contribution < -0.4 is 14.4 Å². The average molecular weight is 565 g/mol. The van der Waals surface area contributed by atoms with Crippen LogP contribution in [0.4, 0.5) is 5.13 Å². The van der Waals surface area contributed by atoms with Crippen LogP contribution in [0.15, 0.2) is 48.0 Å². The fourth-order valence-electron chi connectivity index (χ4n) is 4.39. The third kappa shape index (κ3) is 5.58. The van der Waals surface area contributed by atoms with Crippen molar-refractivity contribution in [3.05, 3.63) is 75.3 Å². The number of methoxy groups -OCH3 is 1. The van der Waals surface area contributed by atoms with Gasteiger partial charge in [-0.2, -0.15) is 0 Å². The Balaban J connectivity index is 1.91. The van der Waals surface area contributed by atoms with E-state index < -0.39 is 23.7 Å². The minimum atomic E-state index is -1.04. The normalized spacial score (nSPS) is 16.3. The summed E-state index contributed by atoms with van der Waals surface area (Å²) in [6, 6.07) is 11.1. The van der Waals surface area contributed by atoms with E-state index in [4.69, 9.17) is 14.2 Å². The molecular formula is C30H32N2O7S. The van der Waals surface area contributed by atoms with Gasteiger partial charge in [0.15, 0.2) is 16.6 Å². The van der Waals surface area contributed by atoms with Crippen molar-refractivity contribution in [1.29, 1.82) is 0 Å². The van der Waals surface area contributed by atoms with Gasteiger partial charge in [-0.15, -0.1) is 0 Å². The van der Waals surface area contributed by atoms with E-state index in [9.17, 15) is 19.5 Å². The van der Waals surface area contributed by atoms with E-state index in [2.05, 4.69) is 11.9 Å². The molecule has 0 saturated carbocycles. The summed E-state index contributed by atoms with van der Waals surface area (Å²) >= 11 is 0.943. The highest BCUT2D eigenvalue weighted by atomic mass is 32.1. The molecule has 1 N–H and O–H groups in total. The highest BCUT2D eigenvalue weighted by Crippen LogP contribution is 2.45. The fraction of sp³-hybridized carbons (Fsp3) is 0.333. The molecule has 210 valence electrons. The van der Waals surface area contributed by atoms with Crippen LogP contribution in [-0.2, 0) is 14.3 Å². The van der Waals surface area contributed by atoms with Crippen molar-refractivity contribution in [2.45, 2.75) is 46.6 Å². The average Bonchev–Trinajstić information content (AvgIpc) is 3.45. The quantitative estimate of drug-likeness (QED) is 0.109. The Labute approximate surface area is 237 Å². The Morgan fingerprint density at radius 3 is 2.42 bits per heavy atom. The number of thiazole rings is 1. The molecule has 9 nitrogen and oxygen atoms in total. The zero-order valence-corrected chi connectivity index (χ0v) is 24.0. The maximum atomic E-state index is 13.5. The van der Waals surface area contributed by atoms with Gasteiger partial charge in [0.05, 0.1) is 37.6 Å². The summed E-state index contributed by atoms with van der Waals surface area (Å²) in [5.41, 5.74) is 2.14. The van der Waals surface area contributed by atoms with Gasteiger partial charge < -0.3 is 19.3 Å². The molecule has 2 heterocycles. The molecule has 1 aromatic heterocycles. The maximum absolute atomic E-state index is 13.5. The van der Waals surface area contributed by atoms with Crippen molar-refractivity contribution in [3.63, 3.8) is 0 Å². The standard InChI is InChI=1S/C30H32N2O7S/c1-6-8-15-39-21-14-13-20(16-22(21)38-7-2)24-23(25(33)19-11-9-17(3)10-12-19)26(34)28(35)32(24)30-31-18(4)27(40-30)29(36)37-5/h9-14,16,24,33H,6-8,15H2,1-5H3. The zero-order chi connectivity index (χ0) is 29.0. The van der Waals surface area contributed by atoms with Gasteiger partial charge in [-0.05, 0) is 44.9 Å². The summed E-state index contributed by atoms with van der Waals surface area (Å²) in [6.45, 7) is 8.32. The first-order valence-corrected chi connectivity index (χ1v) is 13.9. The first-order chi connectivity index (χ1) is 19.2. The second-order valence-electron chi connectivity index (χ2n) is 9.28. The Morgan fingerprint density at radius 1 is 1.05 bits per heavy atom. The lowest BCUT2D eigenvalue weighted by Gasteiger charge is -2.24. The number of aliphatic hydroxyl groups is 1. The number of esters is 1. The fourth-order valence-corrected chi connectivity index (χ4v) is 5.40. The van der Waals surface area contributed by atoms with E-state index in [0.717, 1.165) is 29.7 Å². The molecule has 0 spiro atoms. The summed E-state index contributed by atoms with van der Waals surface area (Å²) in [4.78, 5) is 45.2. The van der Waals surface area contributed by atoms with Crippen LogP contribution in [0.25, 0.3) is 5.76 Å². The maximum Gasteiger partial charge on any atom is 0.350 e. The number of carbonyl (C=O) groups is 3. The van der Waals surface area contributed by atoms with Gasteiger partial charge in [-0.1, -0.05) is 60.6 Å². The number of rotatable bonds is 10. The zero-order valence-electron chi connectivity index (χ0n) is 23.1. The minimum Gasteiger partial charge on any atom is -0.507 e. The largest absolute Gasteiger partial charge is 0.507 e. The predicted octanol–water partition coefficient (Wildman–Crippen LogP) is 5.75. The molecule has 0 aliphatic carbocycles. The molecule has 4 rings (SSSR count). The number of hydrogen-bond donors (Lipinski definition) is 1. The van der Waals surface area contributed by atoms with Gasteiger partial charge in [-0.25, -0.2) is 9.78 Å². The Bertz CT molecular complexity index is 1460. The van der Waals surface area contributed by atoms with Crippen molar-refractivity contribution in [2.24, 2.45) is 0 Å². The van der Waals surface area contributed by atoms with Crippen molar-refractivity contribution < 1.29 is 33.7 Å². The Hall–Kier alpha value is -4.18. The number of ketones is 1. The SMILES string of the molecule is CCCCOc1ccc(C2C(=C(O)c3ccc(C)cc3)C(=O)C(=O)N2c2nc(C)c(C(=O)OC)s2)cc1OCC. The topological polar surface area (TPSA) is 115 Å². The summed E-state index contributed by atoms with van der Waals surface area (Å²) in [5, 5.41) is 11.5. The van der Waals surface area contributed by atoms with Crippen molar-refractivity contribution in [3.8, 4) is 11.5 Å². The van der Waals surface area contributed by atoms with Crippen LogP contribution in [-0.4, -0.2) is 48.1 Å². The molecule has 3 aromatic rings. The lowest BCUT2D eigenvalue weighted by Crippen LogP contribution is -2.29. The second-order valence-corrected chi connectivity index (χ2v) is 10.3. The highest BCUT2D eigenvalue weighted by Gasteiger charge is 2.48. The van der Waals surface area contributed by atoms with E-state index in [1.165, 1.54) is 12.0 Å². The Morgan fingerprint density at radius 2 is 1.77 bits per heavy atom. The van der Waals surface area contributed by atoms with E-state index >= 15 is 0 Å². The van der Waals surface area contributed by atoms with E-state index in [1.807, 2.05) is 26.0 Å². The molecule has 40 heavy (non-hydrogen) atoms. The summed E-state index contributed by atoms with van der Waals surface area (Å²) < 4.78 is 16.6. The van der Waals surface area contributed by atoms with Crippen molar-refractivity contribution in [2.75, 3.05) is 25.2 Å². The number of aryl methyl sites for hydroxylation is 2. The van der Waals surface area contributed by atoms with Crippen LogP contribution in [0.3, 0.4) is 0 Å². The summed E-state index contributed by atoms with van der Waals surface area (Å²) in [7, 11) is 1.26. The molecule has 1 amide bonds. The molecule has 1 aliphatic rings. The van der Waals surface area contributed by atoms with Gasteiger partial charge in [0.25, 0.3) is 5.78 Å². The van der Waals surface area contributed by atoms with Gasteiger partial charge in [0.2, 0.25) is 0 Å².